The Kier molecular flexibility index (Phi) is 4.46. The lowest BCUT2D eigenvalue weighted by Crippen LogP contribution is -2.35. The van der Waals surface area contributed by atoms with Crippen molar-refractivity contribution in [2.75, 3.05) is 19.6 Å². The molecule has 0 N–H and O–H groups in total. The van der Waals surface area contributed by atoms with E-state index >= 15 is 0 Å². The molecule has 12 heavy (non-hydrogen) atoms. The molecule has 2 nitrogen and oxygen atoms in total. The van der Waals surface area contributed by atoms with Crippen molar-refractivity contribution in [3.63, 3.8) is 0 Å². The third-order valence-electron chi connectivity index (χ3n) is 2.10. The zero-order chi connectivity index (χ0) is 9.78. The van der Waals surface area contributed by atoms with Crippen molar-refractivity contribution in [2.24, 2.45) is 5.41 Å². The molecule has 72 valence electrons. The third kappa shape index (κ3) is 3.86. The van der Waals surface area contributed by atoms with Crippen molar-refractivity contribution in [2.45, 2.75) is 34.6 Å². The summed E-state index contributed by atoms with van der Waals surface area (Å²) in [6.45, 7) is 12.6. The van der Waals surface area contributed by atoms with E-state index in [1.807, 2.05) is 20.8 Å². The standard InChI is InChI=1S/C10H21NO/c1-6-11(7-2)8-9(12)10(3,4)5/h6-8H2,1-5H3. The summed E-state index contributed by atoms with van der Waals surface area (Å²) in [7, 11) is 0. The maximum Gasteiger partial charge on any atom is 0.152 e. The molecule has 2 heteroatoms. The molecule has 0 unspecified atom stereocenters. The van der Waals surface area contributed by atoms with E-state index in [0.717, 1.165) is 13.1 Å². The summed E-state index contributed by atoms with van der Waals surface area (Å²) < 4.78 is 0. The minimum absolute atomic E-state index is 0.192. The highest BCUT2D eigenvalue weighted by atomic mass is 16.1. The van der Waals surface area contributed by atoms with Gasteiger partial charge in [-0.2, -0.15) is 0 Å². The van der Waals surface area contributed by atoms with Gasteiger partial charge in [-0.1, -0.05) is 34.6 Å². The second-order valence-corrected chi connectivity index (χ2v) is 4.13. The first-order chi connectivity index (χ1) is 5.41. The van der Waals surface area contributed by atoms with Gasteiger partial charge in [0, 0.05) is 5.41 Å². The third-order valence-corrected chi connectivity index (χ3v) is 2.10. The molecule has 0 aliphatic rings. The molecular formula is C10H21NO. The fourth-order valence-corrected chi connectivity index (χ4v) is 0.887. The Morgan fingerprint density at radius 1 is 1.17 bits per heavy atom. The van der Waals surface area contributed by atoms with Crippen molar-refractivity contribution >= 4 is 5.78 Å². The van der Waals surface area contributed by atoms with Crippen LogP contribution in [0.25, 0.3) is 0 Å². The Morgan fingerprint density at radius 3 is 1.83 bits per heavy atom. The number of carbonyl (C=O) groups excluding carboxylic acids is 1. The van der Waals surface area contributed by atoms with E-state index in [1.165, 1.54) is 0 Å². The van der Waals surface area contributed by atoms with Crippen molar-refractivity contribution < 1.29 is 4.79 Å². The van der Waals surface area contributed by atoms with Gasteiger partial charge < -0.3 is 0 Å². The zero-order valence-corrected chi connectivity index (χ0v) is 8.98. The molecule has 0 bridgehead atoms. The summed E-state index contributed by atoms with van der Waals surface area (Å²) in [5, 5.41) is 0. The van der Waals surface area contributed by atoms with E-state index < -0.39 is 0 Å². The van der Waals surface area contributed by atoms with Gasteiger partial charge in [-0.3, -0.25) is 9.69 Å². The summed E-state index contributed by atoms with van der Waals surface area (Å²) in [6, 6.07) is 0. The normalized spacial score (nSPS) is 12.2. The molecule has 0 atom stereocenters. The quantitative estimate of drug-likeness (QED) is 0.644. The van der Waals surface area contributed by atoms with Gasteiger partial charge in [0.05, 0.1) is 6.54 Å². The van der Waals surface area contributed by atoms with Crippen LogP contribution in [0, 0.1) is 5.41 Å². The Morgan fingerprint density at radius 2 is 1.58 bits per heavy atom. The van der Waals surface area contributed by atoms with E-state index in [-0.39, 0.29) is 5.41 Å². The molecule has 0 aromatic heterocycles. The van der Waals surface area contributed by atoms with E-state index in [1.54, 1.807) is 0 Å². The van der Waals surface area contributed by atoms with Gasteiger partial charge in [0.1, 0.15) is 0 Å². The van der Waals surface area contributed by atoms with Gasteiger partial charge in [-0.05, 0) is 13.1 Å². The number of hydrogen-bond donors (Lipinski definition) is 0. The fraction of sp³-hybridized carbons (Fsp3) is 0.900. The van der Waals surface area contributed by atoms with E-state index in [0.29, 0.717) is 12.3 Å². The summed E-state index contributed by atoms with van der Waals surface area (Å²) in [6.07, 6.45) is 0. The first-order valence-corrected chi connectivity index (χ1v) is 4.67. The Hall–Kier alpha value is -0.370. The van der Waals surface area contributed by atoms with Crippen LogP contribution in [0.2, 0.25) is 0 Å². The molecule has 0 spiro atoms. The van der Waals surface area contributed by atoms with Gasteiger partial charge in [-0.25, -0.2) is 0 Å². The van der Waals surface area contributed by atoms with Crippen molar-refractivity contribution in [3.05, 3.63) is 0 Å². The molecule has 0 radical (unpaired) electrons. The number of nitrogens with zero attached hydrogens (tertiary/aromatic N) is 1. The first-order valence-electron chi connectivity index (χ1n) is 4.67. The van der Waals surface area contributed by atoms with E-state index in [4.69, 9.17) is 0 Å². The summed E-state index contributed by atoms with van der Waals surface area (Å²) in [5.74, 6) is 0.325. The van der Waals surface area contributed by atoms with Gasteiger partial charge in [0.2, 0.25) is 0 Å². The monoisotopic (exact) mass is 171 g/mol. The average molecular weight is 171 g/mol. The highest BCUT2D eigenvalue weighted by Gasteiger charge is 2.22. The van der Waals surface area contributed by atoms with Crippen LogP contribution in [0.15, 0.2) is 0 Å². The number of hydrogen-bond acceptors (Lipinski definition) is 2. The highest BCUT2D eigenvalue weighted by molar-refractivity contribution is 5.85. The van der Waals surface area contributed by atoms with Gasteiger partial charge in [0.15, 0.2) is 5.78 Å². The molecule has 0 heterocycles. The maximum atomic E-state index is 11.6. The van der Waals surface area contributed by atoms with E-state index in [9.17, 15) is 4.79 Å². The number of Topliss-reactive ketones (excluding diaryl/α,β-unsaturated/α-hetero) is 1. The molecule has 0 saturated heterocycles. The van der Waals surface area contributed by atoms with Crippen LogP contribution >= 0.6 is 0 Å². The molecule has 0 saturated carbocycles. The maximum absolute atomic E-state index is 11.6. The van der Waals surface area contributed by atoms with Crippen molar-refractivity contribution in [1.82, 2.24) is 4.90 Å². The molecule has 0 aromatic carbocycles. The largest absolute Gasteiger partial charge is 0.298 e. The minimum atomic E-state index is -0.192. The smallest absolute Gasteiger partial charge is 0.152 e. The second-order valence-electron chi connectivity index (χ2n) is 4.13. The Balaban J connectivity index is 3.99. The number of carbonyl (C=O) groups is 1. The molecule has 0 amide bonds. The van der Waals surface area contributed by atoms with Gasteiger partial charge in [-0.15, -0.1) is 0 Å². The molecule has 0 rings (SSSR count). The molecule has 0 aromatic rings. The van der Waals surface area contributed by atoms with Crippen LogP contribution in [-0.4, -0.2) is 30.3 Å². The lowest BCUT2D eigenvalue weighted by atomic mass is 9.90. The summed E-state index contributed by atoms with van der Waals surface area (Å²) in [5.41, 5.74) is -0.192. The Labute approximate surface area is 75.9 Å². The molecule has 0 fully saturated rings. The minimum Gasteiger partial charge on any atom is -0.298 e. The van der Waals surface area contributed by atoms with Crippen molar-refractivity contribution in [3.8, 4) is 0 Å². The topological polar surface area (TPSA) is 20.3 Å². The second kappa shape index (κ2) is 4.61. The molecule has 0 aliphatic heterocycles. The van der Waals surface area contributed by atoms with Crippen LogP contribution < -0.4 is 0 Å². The predicted molar refractivity (Wildman–Crippen MR) is 52.3 cm³/mol. The number of rotatable bonds is 4. The summed E-state index contributed by atoms with van der Waals surface area (Å²) in [4.78, 5) is 13.7. The average Bonchev–Trinajstić information content (AvgIpc) is 1.97. The highest BCUT2D eigenvalue weighted by Crippen LogP contribution is 2.14. The van der Waals surface area contributed by atoms with Crippen LogP contribution in [0.4, 0.5) is 0 Å². The van der Waals surface area contributed by atoms with Crippen LogP contribution in [-0.2, 0) is 4.79 Å². The van der Waals surface area contributed by atoms with Crippen molar-refractivity contribution in [1.29, 1.82) is 0 Å². The van der Waals surface area contributed by atoms with Crippen LogP contribution in [0.1, 0.15) is 34.6 Å². The lowest BCUT2D eigenvalue weighted by molar-refractivity contribution is -0.127. The lowest BCUT2D eigenvalue weighted by Gasteiger charge is -2.23. The first kappa shape index (κ1) is 11.6. The van der Waals surface area contributed by atoms with Crippen LogP contribution in [0.5, 0.6) is 0 Å². The molecular weight excluding hydrogens is 150 g/mol. The molecule has 0 aliphatic carbocycles. The van der Waals surface area contributed by atoms with Gasteiger partial charge >= 0.3 is 0 Å². The fourth-order valence-electron chi connectivity index (χ4n) is 0.887. The number of likely N-dealkylation sites (N-methyl/N-ethyl adjacent to an activating group) is 1. The Bertz CT molecular complexity index is 142. The number of ketones is 1. The zero-order valence-electron chi connectivity index (χ0n) is 8.98. The van der Waals surface area contributed by atoms with E-state index in [2.05, 4.69) is 18.7 Å². The SMILES string of the molecule is CCN(CC)CC(=O)C(C)(C)C. The summed E-state index contributed by atoms with van der Waals surface area (Å²) >= 11 is 0. The van der Waals surface area contributed by atoms with Crippen LogP contribution in [0.3, 0.4) is 0 Å². The van der Waals surface area contributed by atoms with Gasteiger partial charge in [0.25, 0.3) is 0 Å². The predicted octanol–water partition coefficient (Wildman–Crippen LogP) is 1.94.